The summed E-state index contributed by atoms with van der Waals surface area (Å²) in [5.41, 5.74) is 3.79. The van der Waals surface area contributed by atoms with Crippen LogP contribution in [0.15, 0.2) is 24.3 Å². The van der Waals surface area contributed by atoms with E-state index in [0.29, 0.717) is 0 Å². The van der Waals surface area contributed by atoms with E-state index in [1.165, 1.54) is 0 Å². The fraction of sp³-hybridized carbons (Fsp3) is 0.412. The van der Waals surface area contributed by atoms with Gasteiger partial charge in [-0.1, -0.05) is 36.4 Å². The van der Waals surface area contributed by atoms with Gasteiger partial charge >= 0.3 is 0 Å². The van der Waals surface area contributed by atoms with Gasteiger partial charge in [-0.05, 0) is 36.1 Å². The van der Waals surface area contributed by atoms with Crippen LogP contribution in [0, 0.1) is 0 Å². The molecular formula is C17H18O4. The van der Waals surface area contributed by atoms with Crippen molar-refractivity contribution in [3.05, 3.63) is 46.5 Å². The average Bonchev–Trinajstić information content (AvgIpc) is 2.76. The number of hydrogen-bond acceptors (Lipinski definition) is 4. The van der Waals surface area contributed by atoms with E-state index in [9.17, 15) is 10.2 Å². The molecule has 2 N–H and O–H groups in total. The second-order valence-electron chi connectivity index (χ2n) is 6.25. The zero-order chi connectivity index (χ0) is 14.8. The van der Waals surface area contributed by atoms with E-state index in [1.807, 2.05) is 44.2 Å². The molecule has 4 atom stereocenters. The van der Waals surface area contributed by atoms with Gasteiger partial charge in [0.1, 0.15) is 24.4 Å². The Bertz CT molecular complexity index is 659. The highest BCUT2D eigenvalue weighted by Gasteiger charge is 2.44. The summed E-state index contributed by atoms with van der Waals surface area (Å²) in [4.78, 5) is 0. The van der Waals surface area contributed by atoms with Crippen molar-refractivity contribution >= 4 is 12.2 Å². The van der Waals surface area contributed by atoms with Crippen molar-refractivity contribution in [1.82, 2.24) is 0 Å². The standard InChI is InChI=1S/C17H18O4/c1-17(2)20-13-8-4-9-3-5-11-10(14(9)16(13)21-17)6-7-12(18)15(11)19/h3-8,12-13,15-16,18-19H,1-2H3/t12-,13-,15+,16-/m0/s1. The van der Waals surface area contributed by atoms with Crippen molar-refractivity contribution in [3.63, 3.8) is 0 Å². The first-order chi connectivity index (χ1) is 9.96. The van der Waals surface area contributed by atoms with Gasteiger partial charge in [0.05, 0.1) is 0 Å². The van der Waals surface area contributed by atoms with Crippen LogP contribution in [0.4, 0.5) is 0 Å². The Morgan fingerprint density at radius 1 is 1.05 bits per heavy atom. The Hall–Kier alpha value is -1.46. The maximum absolute atomic E-state index is 10.2. The summed E-state index contributed by atoms with van der Waals surface area (Å²) in [7, 11) is 0. The van der Waals surface area contributed by atoms with E-state index in [4.69, 9.17) is 9.47 Å². The maximum Gasteiger partial charge on any atom is 0.164 e. The summed E-state index contributed by atoms with van der Waals surface area (Å²) >= 11 is 0. The van der Waals surface area contributed by atoms with E-state index in [0.717, 1.165) is 22.3 Å². The summed E-state index contributed by atoms with van der Waals surface area (Å²) < 4.78 is 12.0. The van der Waals surface area contributed by atoms with Crippen LogP contribution in [-0.4, -0.2) is 28.2 Å². The first kappa shape index (κ1) is 13.2. The predicted octanol–water partition coefficient (Wildman–Crippen LogP) is 2.33. The van der Waals surface area contributed by atoms with Gasteiger partial charge in [-0.15, -0.1) is 0 Å². The summed E-state index contributed by atoms with van der Waals surface area (Å²) in [5, 5.41) is 20.0. The molecule has 1 saturated heterocycles. The fourth-order valence-electron chi connectivity index (χ4n) is 3.41. The van der Waals surface area contributed by atoms with Gasteiger partial charge in [0, 0.05) is 0 Å². The van der Waals surface area contributed by atoms with Crippen LogP contribution in [0.1, 0.15) is 48.3 Å². The lowest BCUT2D eigenvalue weighted by molar-refractivity contribution is -0.143. The molecular weight excluding hydrogens is 268 g/mol. The molecule has 1 fully saturated rings. The molecule has 2 aliphatic carbocycles. The smallest absolute Gasteiger partial charge is 0.164 e. The molecule has 0 saturated carbocycles. The van der Waals surface area contributed by atoms with E-state index in [-0.39, 0.29) is 12.2 Å². The van der Waals surface area contributed by atoms with Crippen molar-refractivity contribution in [1.29, 1.82) is 0 Å². The summed E-state index contributed by atoms with van der Waals surface area (Å²) in [5.74, 6) is -0.624. The largest absolute Gasteiger partial charge is 0.386 e. The van der Waals surface area contributed by atoms with Crippen LogP contribution >= 0.6 is 0 Å². The number of hydrogen-bond donors (Lipinski definition) is 2. The van der Waals surface area contributed by atoms with Crippen molar-refractivity contribution in [2.24, 2.45) is 0 Å². The Morgan fingerprint density at radius 2 is 1.86 bits per heavy atom. The number of rotatable bonds is 0. The third-order valence-corrected chi connectivity index (χ3v) is 4.34. The lowest BCUT2D eigenvalue weighted by atomic mass is 9.82. The first-order valence-electron chi connectivity index (χ1n) is 7.21. The molecule has 110 valence electrons. The molecule has 0 unspecified atom stereocenters. The highest BCUT2D eigenvalue weighted by Crippen LogP contribution is 2.46. The van der Waals surface area contributed by atoms with Crippen LogP contribution in [0.25, 0.3) is 12.2 Å². The molecule has 0 radical (unpaired) electrons. The zero-order valence-electron chi connectivity index (χ0n) is 12.0. The number of aliphatic hydroxyl groups is 2. The summed E-state index contributed by atoms with van der Waals surface area (Å²) in [6.07, 6.45) is 5.51. The number of ether oxygens (including phenoxy) is 2. The van der Waals surface area contributed by atoms with Gasteiger partial charge in [0.15, 0.2) is 5.79 Å². The van der Waals surface area contributed by atoms with E-state index in [2.05, 4.69) is 0 Å². The summed E-state index contributed by atoms with van der Waals surface area (Å²) in [6.45, 7) is 3.81. The normalized spacial score (nSPS) is 35.2. The topological polar surface area (TPSA) is 58.9 Å². The molecule has 0 spiro atoms. The fourth-order valence-corrected chi connectivity index (χ4v) is 3.41. The van der Waals surface area contributed by atoms with E-state index in [1.54, 1.807) is 6.08 Å². The van der Waals surface area contributed by atoms with Crippen molar-refractivity contribution in [2.75, 3.05) is 0 Å². The highest BCUT2D eigenvalue weighted by atomic mass is 16.7. The minimum atomic E-state index is -0.894. The number of fused-ring (bicyclic) bond motifs is 5. The minimum absolute atomic E-state index is 0.114. The molecule has 1 aromatic carbocycles. The van der Waals surface area contributed by atoms with Gasteiger partial charge < -0.3 is 19.7 Å². The zero-order valence-corrected chi connectivity index (χ0v) is 12.0. The van der Waals surface area contributed by atoms with Crippen LogP contribution in [0.2, 0.25) is 0 Å². The van der Waals surface area contributed by atoms with Crippen molar-refractivity contribution in [3.8, 4) is 0 Å². The molecule has 4 heteroatoms. The van der Waals surface area contributed by atoms with Crippen molar-refractivity contribution < 1.29 is 19.7 Å². The molecule has 4 nitrogen and oxygen atoms in total. The maximum atomic E-state index is 10.2. The quantitative estimate of drug-likeness (QED) is 0.768. The Kier molecular flexibility index (Phi) is 2.69. The third-order valence-electron chi connectivity index (χ3n) is 4.34. The van der Waals surface area contributed by atoms with Crippen LogP contribution in [-0.2, 0) is 9.47 Å². The van der Waals surface area contributed by atoms with Gasteiger partial charge in [-0.3, -0.25) is 0 Å². The van der Waals surface area contributed by atoms with Crippen LogP contribution < -0.4 is 0 Å². The van der Waals surface area contributed by atoms with E-state index >= 15 is 0 Å². The monoisotopic (exact) mass is 286 g/mol. The minimum Gasteiger partial charge on any atom is -0.386 e. The predicted molar refractivity (Wildman–Crippen MR) is 78.3 cm³/mol. The molecule has 0 aromatic heterocycles. The Morgan fingerprint density at radius 3 is 2.67 bits per heavy atom. The van der Waals surface area contributed by atoms with Crippen LogP contribution in [0.5, 0.6) is 0 Å². The highest BCUT2D eigenvalue weighted by molar-refractivity contribution is 5.71. The van der Waals surface area contributed by atoms with Gasteiger partial charge in [-0.25, -0.2) is 0 Å². The number of benzene rings is 1. The lowest BCUT2D eigenvalue weighted by Gasteiger charge is -2.29. The number of aliphatic hydroxyl groups excluding tert-OH is 2. The second-order valence-corrected chi connectivity index (χ2v) is 6.25. The molecule has 1 aromatic rings. The van der Waals surface area contributed by atoms with Crippen LogP contribution in [0.3, 0.4) is 0 Å². The Labute approximate surface area is 123 Å². The molecule has 4 rings (SSSR count). The average molecular weight is 286 g/mol. The second kappa shape index (κ2) is 4.27. The molecule has 3 aliphatic rings. The van der Waals surface area contributed by atoms with Gasteiger partial charge in [0.2, 0.25) is 0 Å². The Balaban J connectivity index is 1.89. The molecule has 0 bridgehead atoms. The third kappa shape index (κ3) is 1.91. The summed E-state index contributed by atoms with van der Waals surface area (Å²) in [6, 6.07) is 3.84. The van der Waals surface area contributed by atoms with Gasteiger partial charge in [-0.2, -0.15) is 0 Å². The molecule has 21 heavy (non-hydrogen) atoms. The molecule has 1 aliphatic heterocycles. The SMILES string of the molecule is CC1(C)O[C@H]2C=Cc3ccc4c(c3[C@H]2O1)C=C[C@H](O)[C@@H]4O. The van der Waals surface area contributed by atoms with E-state index < -0.39 is 18.0 Å². The van der Waals surface area contributed by atoms with Crippen molar-refractivity contribution in [2.45, 2.75) is 44.1 Å². The first-order valence-corrected chi connectivity index (χ1v) is 7.21. The lowest BCUT2D eigenvalue weighted by Crippen LogP contribution is -2.24. The molecule has 0 amide bonds. The van der Waals surface area contributed by atoms with Gasteiger partial charge in [0.25, 0.3) is 0 Å². The molecule has 1 heterocycles.